The van der Waals surface area contributed by atoms with Gasteiger partial charge in [0.05, 0.1) is 5.92 Å². The summed E-state index contributed by atoms with van der Waals surface area (Å²) in [5.74, 6) is -1.55. The maximum atomic E-state index is 13.3. The number of likely N-dealkylation sites (tertiary alicyclic amines) is 1. The molecule has 2 aromatic carbocycles. The number of benzene rings is 2. The Morgan fingerprint density at radius 3 is 2.14 bits per heavy atom. The molecular formula is C28H34N2O5. The number of nitrogens with one attached hydrogen (secondary N) is 1. The largest absolute Gasteiger partial charge is 0.481 e. The van der Waals surface area contributed by atoms with Crippen LogP contribution in [-0.4, -0.2) is 53.7 Å². The van der Waals surface area contributed by atoms with Crippen molar-refractivity contribution in [1.29, 1.82) is 0 Å². The molecule has 3 atom stereocenters. The van der Waals surface area contributed by atoms with Crippen LogP contribution in [0.4, 0.5) is 4.79 Å². The van der Waals surface area contributed by atoms with Gasteiger partial charge < -0.3 is 20.1 Å². The zero-order valence-electron chi connectivity index (χ0n) is 20.6. The van der Waals surface area contributed by atoms with Crippen LogP contribution in [0.3, 0.4) is 0 Å². The Hall–Kier alpha value is -3.35. The van der Waals surface area contributed by atoms with E-state index in [9.17, 15) is 19.5 Å². The van der Waals surface area contributed by atoms with Crippen molar-refractivity contribution >= 4 is 18.0 Å². The molecule has 1 heterocycles. The van der Waals surface area contributed by atoms with Crippen molar-refractivity contribution in [1.82, 2.24) is 10.2 Å². The number of carbonyl (C=O) groups is 3. The van der Waals surface area contributed by atoms with Crippen molar-refractivity contribution in [2.75, 3.05) is 19.7 Å². The second kappa shape index (κ2) is 10.5. The van der Waals surface area contributed by atoms with Crippen molar-refractivity contribution < 1.29 is 24.2 Å². The van der Waals surface area contributed by atoms with E-state index in [1.807, 2.05) is 31.2 Å². The Balaban J connectivity index is 1.42. The molecule has 7 heteroatoms. The normalized spacial score (nSPS) is 19.8. The number of amides is 2. The van der Waals surface area contributed by atoms with E-state index < -0.39 is 24.0 Å². The molecule has 35 heavy (non-hydrogen) atoms. The van der Waals surface area contributed by atoms with Crippen LogP contribution < -0.4 is 5.32 Å². The lowest BCUT2D eigenvalue weighted by atomic mass is 9.98. The first-order valence-electron chi connectivity index (χ1n) is 12.4. The van der Waals surface area contributed by atoms with Crippen molar-refractivity contribution in [2.24, 2.45) is 17.8 Å². The van der Waals surface area contributed by atoms with E-state index in [0.29, 0.717) is 18.9 Å². The number of nitrogens with zero attached hydrogens (tertiary/aromatic N) is 1. The van der Waals surface area contributed by atoms with Crippen molar-refractivity contribution in [2.45, 2.75) is 45.6 Å². The minimum atomic E-state index is -0.893. The highest BCUT2D eigenvalue weighted by molar-refractivity contribution is 5.87. The van der Waals surface area contributed by atoms with Gasteiger partial charge in [-0.15, -0.1) is 0 Å². The van der Waals surface area contributed by atoms with Crippen LogP contribution in [0.25, 0.3) is 11.1 Å². The van der Waals surface area contributed by atoms with Gasteiger partial charge in [0.1, 0.15) is 12.6 Å². The average Bonchev–Trinajstić information content (AvgIpc) is 3.38. The molecule has 0 radical (unpaired) electrons. The Labute approximate surface area is 206 Å². The number of ether oxygens (including phenoxy) is 1. The van der Waals surface area contributed by atoms with E-state index in [4.69, 9.17) is 4.74 Å². The van der Waals surface area contributed by atoms with Crippen LogP contribution in [0.1, 0.15) is 50.7 Å². The van der Waals surface area contributed by atoms with E-state index in [-0.39, 0.29) is 30.9 Å². The van der Waals surface area contributed by atoms with Crippen LogP contribution in [0.15, 0.2) is 48.5 Å². The SMILES string of the molecule is CC(C)CCC(NC(=O)OCC1c2ccccc2-c2ccccc21)C(=O)N1C[C@H](C(=O)O)[C@@H](C)C1. The molecule has 2 amide bonds. The summed E-state index contributed by atoms with van der Waals surface area (Å²) in [6.07, 6.45) is 0.603. The number of aliphatic carboxylic acids is 1. The molecular weight excluding hydrogens is 444 g/mol. The predicted molar refractivity (Wildman–Crippen MR) is 133 cm³/mol. The third-order valence-corrected chi connectivity index (χ3v) is 7.21. The standard InChI is InChI=1S/C28H34N2O5/c1-17(2)12-13-25(26(31)30-14-18(3)23(15-30)27(32)33)29-28(34)35-16-24-21-10-6-4-8-19(21)20-9-5-7-11-22(20)24/h4-11,17-18,23-25H,12-16H2,1-3H3,(H,29,34)(H,32,33)/t18-,23-,25?/m0/s1. The lowest BCUT2D eigenvalue weighted by Crippen LogP contribution is -2.48. The van der Waals surface area contributed by atoms with Gasteiger partial charge in [0, 0.05) is 19.0 Å². The monoisotopic (exact) mass is 478 g/mol. The van der Waals surface area contributed by atoms with Crippen LogP contribution in [0.5, 0.6) is 0 Å². The summed E-state index contributed by atoms with van der Waals surface area (Å²) in [5.41, 5.74) is 4.55. The van der Waals surface area contributed by atoms with Gasteiger partial charge in [0.2, 0.25) is 5.91 Å². The van der Waals surface area contributed by atoms with Gasteiger partial charge in [-0.05, 0) is 46.9 Å². The summed E-state index contributed by atoms with van der Waals surface area (Å²) in [5, 5.41) is 12.2. The molecule has 0 spiro atoms. The van der Waals surface area contributed by atoms with E-state index in [0.717, 1.165) is 28.7 Å². The third-order valence-electron chi connectivity index (χ3n) is 7.21. The van der Waals surface area contributed by atoms with Crippen LogP contribution in [0.2, 0.25) is 0 Å². The van der Waals surface area contributed by atoms with E-state index in [1.54, 1.807) is 4.90 Å². The fourth-order valence-electron chi connectivity index (χ4n) is 5.23. The lowest BCUT2D eigenvalue weighted by molar-refractivity contribution is -0.142. The first-order valence-corrected chi connectivity index (χ1v) is 12.4. The highest BCUT2D eigenvalue weighted by Gasteiger charge is 2.39. The highest BCUT2D eigenvalue weighted by atomic mass is 16.5. The maximum absolute atomic E-state index is 13.3. The fourth-order valence-corrected chi connectivity index (χ4v) is 5.23. The number of carboxylic acids is 1. The first kappa shape index (κ1) is 24.8. The van der Waals surface area contributed by atoms with Gasteiger partial charge in [0.25, 0.3) is 0 Å². The number of alkyl carbamates (subject to hydrolysis) is 1. The van der Waals surface area contributed by atoms with Crippen molar-refractivity contribution in [3.63, 3.8) is 0 Å². The van der Waals surface area contributed by atoms with E-state index >= 15 is 0 Å². The minimum Gasteiger partial charge on any atom is -0.481 e. The number of fused-ring (bicyclic) bond motifs is 3. The van der Waals surface area contributed by atoms with Crippen LogP contribution >= 0.6 is 0 Å². The molecule has 0 aromatic heterocycles. The summed E-state index contributed by atoms with van der Waals surface area (Å²) < 4.78 is 5.66. The Morgan fingerprint density at radius 2 is 1.60 bits per heavy atom. The topological polar surface area (TPSA) is 95.9 Å². The van der Waals surface area contributed by atoms with E-state index in [1.165, 1.54) is 0 Å². The molecule has 1 fully saturated rings. The fraction of sp³-hybridized carbons (Fsp3) is 0.464. The van der Waals surface area contributed by atoms with Gasteiger partial charge in [-0.3, -0.25) is 9.59 Å². The molecule has 0 saturated carbocycles. The summed E-state index contributed by atoms with van der Waals surface area (Å²) >= 11 is 0. The zero-order chi connectivity index (χ0) is 25.1. The van der Waals surface area contributed by atoms with Gasteiger partial charge >= 0.3 is 12.1 Å². The number of rotatable bonds is 8. The van der Waals surface area contributed by atoms with Crippen molar-refractivity contribution in [3.8, 4) is 11.1 Å². The highest BCUT2D eigenvalue weighted by Crippen LogP contribution is 2.44. The smallest absolute Gasteiger partial charge is 0.407 e. The molecule has 1 unspecified atom stereocenters. The second-order valence-corrected chi connectivity index (χ2v) is 10.2. The van der Waals surface area contributed by atoms with Crippen LogP contribution in [-0.2, 0) is 14.3 Å². The molecule has 7 nitrogen and oxygen atoms in total. The molecule has 2 N–H and O–H groups in total. The minimum absolute atomic E-state index is 0.0614. The Bertz CT molecular complexity index is 1050. The van der Waals surface area contributed by atoms with E-state index in [2.05, 4.69) is 43.4 Å². The lowest BCUT2D eigenvalue weighted by Gasteiger charge is -2.25. The predicted octanol–water partition coefficient (Wildman–Crippen LogP) is 4.51. The molecule has 0 bridgehead atoms. The second-order valence-electron chi connectivity index (χ2n) is 10.2. The maximum Gasteiger partial charge on any atom is 0.407 e. The quantitative estimate of drug-likeness (QED) is 0.582. The van der Waals surface area contributed by atoms with Gasteiger partial charge in [-0.2, -0.15) is 0 Å². The summed E-state index contributed by atoms with van der Waals surface area (Å²) in [6.45, 7) is 6.68. The number of hydrogen-bond acceptors (Lipinski definition) is 4. The van der Waals surface area contributed by atoms with Gasteiger partial charge in [0.15, 0.2) is 0 Å². The van der Waals surface area contributed by atoms with Crippen molar-refractivity contribution in [3.05, 3.63) is 59.7 Å². The zero-order valence-corrected chi connectivity index (χ0v) is 20.6. The summed E-state index contributed by atoms with van der Waals surface area (Å²) in [7, 11) is 0. The molecule has 186 valence electrons. The Morgan fingerprint density at radius 1 is 1.00 bits per heavy atom. The van der Waals surface area contributed by atoms with Gasteiger partial charge in [-0.25, -0.2) is 4.79 Å². The molecule has 1 saturated heterocycles. The summed E-state index contributed by atoms with van der Waals surface area (Å²) in [4.78, 5) is 39.2. The Kier molecular flexibility index (Phi) is 7.43. The average molecular weight is 479 g/mol. The molecule has 4 rings (SSSR count). The molecule has 2 aliphatic rings. The van der Waals surface area contributed by atoms with Crippen LogP contribution in [0, 0.1) is 17.8 Å². The number of carbonyl (C=O) groups excluding carboxylic acids is 2. The third kappa shape index (κ3) is 5.34. The summed E-state index contributed by atoms with van der Waals surface area (Å²) in [6, 6.07) is 15.5. The first-order chi connectivity index (χ1) is 16.8. The number of hydrogen-bond donors (Lipinski definition) is 2. The number of carboxylic acid groups (broad SMARTS) is 1. The molecule has 1 aliphatic heterocycles. The van der Waals surface area contributed by atoms with Gasteiger partial charge in [-0.1, -0.05) is 69.3 Å². The molecule has 1 aliphatic carbocycles. The molecule has 2 aromatic rings.